The molecule has 1 fully saturated rings. The molecule has 0 spiro atoms. The van der Waals surface area contributed by atoms with Gasteiger partial charge in [-0.3, -0.25) is 9.59 Å². The summed E-state index contributed by atoms with van der Waals surface area (Å²) in [5, 5.41) is 8.75. The molecule has 2 atom stereocenters. The van der Waals surface area contributed by atoms with E-state index in [0.29, 0.717) is 12.8 Å². The lowest BCUT2D eigenvalue weighted by Crippen LogP contribution is -2.34. The van der Waals surface area contributed by atoms with Gasteiger partial charge in [0.1, 0.15) is 11.8 Å². The third kappa shape index (κ3) is 11.6. The van der Waals surface area contributed by atoms with Crippen LogP contribution in [0.4, 0.5) is 0 Å². The summed E-state index contributed by atoms with van der Waals surface area (Å²) in [6.07, 6.45) is 5.65. The Morgan fingerprint density at radius 2 is 1.79 bits per heavy atom. The monoisotopic (exact) mass is 346 g/mol. The molecular weight excluding hydrogens is 316 g/mol. The number of carbonyl (C=O) groups is 3. The zero-order chi connectivity index (χ0) is 19.2. The van der Waals surface area contributed by atoms with Crippen molar-refractivity contribution < 1.29 is 29.0 Å². The lowest BCUT2D eigenvalue weighted by atomic mass is 10.2. The molecule has 2 amide bonds. The fraction of sp³-hybridized carbons (Fsp3) is 0.688. The lowest BCUT2D eigenvalue weighted by Gasteiger charge is -2.24. The molecule has 0 aromatic rings. The second-order valence-electron chi connectivity index (χ2n) is 5.74. The molecule has 1 heterocycles. The number of rotatable bonds is 5. The highest BCUT2D eigenvalue weighted by Crippen LogP contribution is 2.24. The average molecular weight is 346 g/mol. The summed E-state index contributed by atoms with van der Waals surface area (Å²) in [4.78, 5) is 31.9. The van der Waals surface area contributed by atoms with Crippen LogP contribution in [-0.4, -0.2) is 60.9 Å². The van der Waals surface area contributed by atoms with E-state index in [2.05, 4.69) is 0 Å². The maximum absolute atomic E-state index is 11.8. The summed E-state index contributed by atoms with van der Waals surface area (Å²) in [6, 6.07) is 0. The van der Waals surface area contributed by atoms with Gasteiger partial charge in [0.25, 0.3) is 0 Å². The van der Waals surface area contributed by atoms with Gasteiger partial charge >= 0.3 is 5.97 Å². The minimum atomic E-state index is -0.451. The minimum absolute atomic E-state index is 0.0243. The van der Waals surface area contributed by atoms with Crippen LogP contribution < -0.4 is 5.32 Å². The Bertz CT molecular complexity index is 387. The molecule has 1 saturated heterocycles. The van der Waals surface area contributed by atoms with Crippen LogP contribution in [0, 0.1) is 0 Å². The molecule has 0 radical (unpaired) electrons. The summed E-state index contributed by atoms with van der Waals surface area (Å²) >= 11 is 0. The summed E-state index contributed by atoms with van der Waals surface area (Å²) < 4.78 is 11.0. The van der Waals surface area contributed by atoms with Crippen molar-refractivity contribution in [1.82, 2.24) is 10.2 Å². The molecule has 0 aromatic heterocycles. The number of aliphatic hydroxyl groups is 1. The highest BCUT2D eigenvalue weighted by atomic mass is 16.6. The van der Waals surface area contributed by atoms with Gasteiger partial charge in [-0.15, -0.1) is 0 Å². The van der Waals surface area contributed by atoms with Gasteiger partial charge in [-0.25, -0.2) is 4.79 Å². The Morgan fingerprint density at radius 1 is 1.25 bits per heavy atom. The van der Waals surface area contributed by atoms with E-state index in [1.165, 1.54) is 0 Å². The number of allylic oxidation sites excluding steroid dienone is 1. The maximum atomic E-state index is 11.8. The Balaban J connectivity index is 0. The van der Waals surface area contributed by atoms with Crippen LogP contribution in [0.25, 0.3) is 0 Å². The first-order valence-electron chi connectivity index (χ1n) is 7.56. The number of esters is 1. The van der Waals surface area contributed by atoms with Gasteiger partial charge in [0, 0.05) is 14.2 Å². The zero-order valence-corrected chi connectivity index (χ0v) is 15.3. The Kier molecular flexibility index (Phi) is 13.7. The van der Waals surface area contributed by atoms with E-state index in [9.17, 15) is 4.79 Å². The number of hydrogen-bond donors (Lipinski definition) is 2. The number of carbonyl (C=O) groups excluding carboxylic acids is 3. The summed E-state index contributed by atoms with van der Waals surface area (Å²) in [5.74, 6) is -0.256. The molecular formula is C16H30N2O6. The predicted molar refractivity (Wildman–Crippen MR) is 89.7 cm³/mol. The highest BCUT2D eigenvalue weighted by molar-refractivity contribution is 5.75. The molecule has 2 unspecified atom stereocenters. The minimum Gasteiger partial charge on any atom is -0.458 e. The first-order chi connectivity index (χ1) is 11.2. The van der Waals surface area contributed by atoms with Gasteiger partial charge in [-0.2, -0.15) is 0 Å². The van der Waals surface area contributed by atoms with Gasteiger partial charge in [-0.1, -0.05) is 6.08 Å². The van der Waals surface area contributed by atoms with Crippen molar-refractivity contribution in [2.45, 2.75) is 58.5 Å². The Morgan fingerprint density at radius 3 is 2.17 bits per heavy atom. The molecule has 1 aliphatic heterocycles. The molecule has 8 nitrogen and oxygen atoms in total. The first-order valence-corrected chi connectivity index (χ1v) is 7.56. The van der Waals surface area contributed by atoms with Crippen molar-refractivity contribution in [3.05, 3.63) is 12.3 Å². The van der Waals surface area contributed by atoms with Gasteiger partial charge in [0.15, 0.2) is 6.10 Å². The number of amides is 2. The Hall–Kier alpha value is -1.93. The summed E-state index contributed by atoms with van der Waals surface area (Å²) in [5.41, 5.74) is -0.451. The SMILES string of the molecule is C/C=C\N(C)C1CCC(C(=O)OC(C)(C)C)O1.CO.O=CNC=O. The maximum Gasteiger partial charge on any atom is 0.335 e. The number of nitrogens with zero attached hydrogens (tertiary/aromatic N) is 1. The van der Waals surface area contributed by atoms with E-state index in [-0.39, 0.29) is 12.2 Å². The largest absolute Gasteiger partial charge is 0.458 e. The van der Waals surface area contributed by atoms with E-state index >= 15 is 0 Å². The smallest absolute Gasteiger partial charge is 0.335 e. The molecule has 24 heavy (non-hydrogen) atoms. The summed E-state index contributed by atoms with van der Waals surface area (Å²) in [6.45, 7) is 7.55. The predicted octanol–water partition coefficient (Wildman–Crippen LogP) is 0.796. The molecule has 140 valence electrons. The van der Waals surface area contributed by atoms with Gasteiger partial charge in [0.05, 0.1) is 0 Å². The normalized spacial score (nSPS) is 19.3. The van der Waals surface area contributed by atoms with Crippen LogP contribution in [0.15, 0.2) is 12.3 Å². The van der Waals surface area contributed by atoms with Crippen molar-refractivity contribution in [3.8, 4) is 0 Å². The molecule has 2 N–H and O–H groups in total. The zero-order valence-electron chi connectivity index (χ0n) is 15.3. The van der Waals surface area contributed by atoms with Gasteiger partial charge in [-0.05, 0) is 46.7 Å². The first kappa shape index (κ1) is 24.3. The van der Waals surface area contributed by atoms with Crippen LogP contribution >= 0.6 is 0 Å². The topological polar surface area (TPSA) is 105 Å². The van der Waals surface area contributed by atoms with Crippen molar-refractivity contribution >= 4 is 18.8 Å². The molecule has 1 rings (SSSR count). The molecule has 0 bridgehead atoms. The van der Waals surface area contributed by atoms with E-state index < -0.39 is 11.7 Å². The number of nitrogens with one attached hydrogen (secondary N) is 1. The van der Waals surface area contributed by atoms with Crippen molar-refractivity contribution in [1.29, 1.82) is 0 Å². The van der Waals surface area contributed by atoms with Crippen LogP contribution in [-0.2, 0) is 23.9 Å². The number of imide groups is 1. The quantitative estimate of drug-likeness (QED) is 0.560. The second-order valence-corrected chi connectivity index (χ2v) is 5.74. The highest BCUT2D eigenvalue weighted by Gasteiger charge is 2.34. The van der Waals surface area contributed by atoms with Crippen LogP contribution in [0.1, 0.15) is 40.5 Å². The number of ether oxygens (including phenoxy) is 2. The third-order valence-electron chi connectivity index (χ3n) is 2.64. The third-order valence-corrected chi connectivity index (χ3v) is 2.64. The summed E-state index contributed by atoms with van der Waals surface area (Å²) in [7, 11) is 2.95. The van der Waals surface area contributed by atoms with E-state index in [1.54, 1.807) is 5.32 Å². The standard InChI is InChI=1S/C13H23NO3.C2H3NO2.CH4O/c1-6-9-14(5)11-8-7-10(16-11)12(15)17-13(2,3)4;4-1-3-2-5;1-2/h6,9-11H,7-8H2,1-5H3;1-2H,(H,3,4,5);2H,1H3/b9-6-;;. The average Bonchev–Trinajstić information content (AvgIpc) is 2.99. The van der Waals surface area contributed by atoms with Crippen LogP contribution in [0.5, 0.6) is 0 Å². The molecule has 0 aliphatic carbocycles. The number of hydrogen-bond acceptors (Lipinski definition) is 7. The molecule has 1 aliphatic rings. The van der Waals surface area contributed by atoms with E-state index in [4.69, 9.17) is 24.2 Å². The number of aliphatic hydroxyl groups excluding tert-OH is 1. The molecule has 8 heteroatoms. The second kappa shape index (κ2) is 13.5. The van der Waals surface area contributed by atoms with Gasteiger partial charge in [0.2, 0.25) is 12.8 Å². The Labute approximate surface area is 143 Å². The van der Waals surface area contributed by atoms with Crippen LogP contribution in [0.2, 0.25) is 0 Å². The van der Waals surface area contributed by atoms with Crippen molar-refractivity contribution in [3.63, 3.8) is 0 Å². The van der Waals surface area contributed by atoms with E-state index in [0.717, 1.165) is 20.0 Å². The molecule has 0 aromatic carbocycles. The lowest BCUT2D eigenvalue weighted by molar-refractivity contribution is -0.170. The van der Waals surface area contributed by atoms with E-state index in [1.807, 2.05) is 51.9 Å². The van der Waals surface area contributed by atoms with Crippen molar-refractivity contribution in [2.24, 2.45) is 0 Å². The fourth-order valence-electron chi connectivity index (χ4n) is 1.82. The van der Waals surface area contributed by atoms with Gasteiger partial charge < -0.3 is 24.8 Å². The van der Waals surface area contributed by atoms with Crippen LogP contribution in [0.3, 0.4) is 0 Å². The van der Waals surface area contributed by atoms with Crippen molar-refractivity contribution in [2.75, 3.05) is 14.2 Å². The fourth-order valence-corrected chi connectivity index (χ4v) is 1.82. The molecule has 0 saturated carbocycles.